The Morgan fingerprint density at radius 1 is 1.07 bits per heavy atom. The number of para-hydroxylation sites is 1. The van der Waals surface area contributed by atoms with E-state index in [2.05, 4.69) is 10.9 Å². The van der Waals surface area contributed by atoms with Crippen molar-refractivity contribution < 1.29 is 19.4 Å². The number of rotatable bonds is 5. The lowest BCUT2D eigenvalue weighted by Gasteiger charge is -2.60. The SMILES string of the molecule is Cc1cccc(C)c1OCC(=O)NNC(=O)CC12CC3CC(CC(O)(C3)C1)C2. The molecule has 4 fully saturated rings. The third-order valence-electron chi connectivity index (χ3n) is 6.78. The molecule has 0 aliphatic heterocycles. The number of carbonyl (C=O) groups is 2. The van der Waals surface area contributed by atoms with Gasteiger partial charge in [0.15, 0.2) is 6.61 Å². The molecule has 4 aliphatic carbocycles. The number of carbonyl (C=O) groups excluding carboxylic acids is 2. The first-order chi connectivity index (χ1) is 13.3. The van der Waals surface area contributed by atoms with Crippen LogP contribution in [0.15, 0.2) is 18.2 Å². The van der Waals surface area contributed by atoms with Crippen molar-refractivity contribution in [2.75, 3.05) is 6.61 Å². The molecule has 0 aromatic heterocycles. The van der Waals surface area contributed by atoms with Crippen LogP contribution in [-0.4, -0.2) is 29.1 Å². The number of amides is 2. The molecule has 0 radical (unpaired) electrons. The lowest BCUT2D eigenvalue weighted by molar-refractivity contribution is -0.169. The van der Waals surface area contributed by atoms with E-state index in [0.29, 0.717) is 30.4 Å². The zero-order valence-electron chi connectivity index (χ0n) is 16.7. The summed E-state index contributed by atoms with van der Waals surface area (Å²) in [6.45, 7) is 3.71. The fraction of sp³-hybridized carbons (Fsp3) is 0.636. The third kappa shape index (κ3) is 3.88. The highest BCUT2D eigenvalue weighted by molar-refractivity contribution is 5.83. The van der Waals surface area contributed by atoms with Crippen LogP contribution in [0.3, 0.4) is 0 Å². The van der Waals surface area contributed by atoms with Gasteiger partial charge in [-0.05, 0) is 80.8 Å². The largest absolute Gasteiger partial charge is 0.483 e. The number of hydrogen-bond acceptors (Lipinski definition) is 4. The van der Waals surface area contributed by atoms with Gasteiger partial charge in [-0.2, -0.15) is 0 Å². The summed E-state index contributed by atoms with van der Waals surface area (Å²) in [5.41, 5.74) is 6.25. The van der Waals surface area contributed by atoms with Crippen LogP contribution in [-0.2, 0) is 9.59 Å². The van der Waals surface area contributed by atoms with Crippen LogP contribution in [0.1, 0.15) is 56.1 Å². The molecule has 4 bridgehead atoms. The summed E-state index contributed by atoms with van der Waals surface area (Å²) in [6.07, 6.45) is 6.08. The quantitative estimate of drug-likeness (QED) is 0.679. The molecular formula is C22H30N2O4. The lowest BCUT2D eigenvalue weighted by atomic mass is 9.47. The van der Waals surface area contributed by atoms with Gasteiger partial charge in [0.25, 0.3) is 5.91 Å². The Labute approximate surface area is 166 Å². The summed E-state index contributed by atoms with van der Waals surface area (Å²) < 4.78 is 5.61. The van der Waals surface area contributed by atoms with Crippen molar-refractivity contribution in [3.05, 3.63) is 29.3 Å². The van der Waals surface area contributed by atoms with E-state index < -0.39 is 5.60 Å². The molecule has 2 atom stereocenters. The van der Waals surface area contributed by atoms with Crippen molar-refractivity contribution in [3.8, 4) is 5.75 Å². The minimum atomic E-state index is -0.577. The molecule has 5 rings (SSSR count). The number of ether oxygens (including phenoxy) is 1. The van der Waals surface area contributed by atoms with Gasteiger partial charge in [0.2, 0.25) is 5.91 Å². The van der Waals surface area contributed by atoms with Gasteiger partial charge in [0, 0.05) is 6.42 Å². The van der Waals surface area contributed by atoms with E-state index in [0.717, 1.165) is 36.8 Å². The molecule has 4 aliphatic rings. The van der Waals surface area contributed by atoms with E-state index in [1.165, 1.54) is 6.42 Å². The molecule has 0 heterocycles. The first kappa shape index (κ1) is 19.2. The fourth-order valence-electron chi connectivity index (χ4n) is 6.33. The summed E-state index contributed by atoms with van der Waals surface area (Å²) in [4.78, 5) is 24.5. The molecule has 28 heavy (non-hydrogen) atoms. The second kappa shape index (κ2) is 7.07. The first-order valence-corrected chi connectivity index (χ1v) is 10.3. The molecule has 6 heteroatoms. The average molecular weight is 386 g/mol. The Kier molecular flexibility index (Phi) is 4.86. The van der Waals surface area contributed by atoms with E-state index in [-0.39, 0.29) is 23.8 Å². The Balaban J connectivity index is 1.26. The summed E-state index contributed by atoms with van der Waals surface area (Å²) in [5, 5.41) is 10.8. The van der Waals surface area contributed by atoms with Crippen molar-refractivity contribution in [3.63, 3.8) is 0 Å². The summed E-state index contributed by atoms with van der Waals surface area (Å²) in [6, 6.07) is 5.81. The van der Waals surface area contributed by atoms with Gasteiger partial charge in [-0.15, -0.1) is 0 Å². The smallest absolute Gasteiger partial charge is 0.276 e. The van der Waals surface area contributed by atoms with E-state index in [1.807, 2.05) is 32.0 Å². The zero-order valence-corrected chi connectivity index (χ0v) is 16.7. The predicted molar refractivity (Wildman–Crippen MR) is 104 cm³/mol. The van der Waals surface area contributed by atoms with E-state index in [1.54, 1.807) is 0 Å². The highest BCUT2D eigenvalue weighted by Gasteiger charge is 2.57. The van der Waals surface area contributed by atoms with Crippen molar-refractivity contribution >= 4 is 11.8 Å². The second-order valence-corrected chi connectivity index (χ2v) is 9.47. The van der Waals surface area contributed by atoms with Crippen molar-refractivity contribution in [2.24, 2.45) is 17.3 Å². The number of aryl methyl sites for hydroxylation is 2. The second-order valence-electron chi connectivity index (χ2n) is 9.47. The number of benzene rings is 1. The maximum Gasteiger partial charge on any atom is 0.276 e. The summed E-state index contributed by atoms with van der Waals surface area (Å²) in [5.74, 6) is 1.20. The molecule has 152 valence electrons. The average Bonchev–Trinajstić information content (AvgIpc) is 2.57. The molecule has 2 amide bonds. The van der Waals surface area contributed by atoms with Crippen LogP contribution in [0.4, 0.5) is 0 Å². The Bertz CT molecular complexity index is 756. The molecule has 0 spiro atoms. The third-order valence-corrected chi connectivity index (χ3v) is 6.78. The standard InChI is InChI=1S/C22H30N2O4/c1-14-4-3-5-15(2)20(14)28-12-19(26)24-23-18(25)11-21-7-16-6-17(8-21)10-22(27,9-16)13-21/h3-5,16-17,27H,6-13H2,1-2H3,(H,23,25)(H,24,26). The molecule has 1 aromatic rings. The zero-order chi connectivity index (χ0) is 19.9. The van der Waals surface area contributed by atoms with Crippen LogP contribution < -0.4 is 15.6 Å². The van der Waals surface area contributed by atoms with Crippen molar-refractivity contribution in [1.82, 2.24) is 10.9 Å². The summed E-state index contributed by atoms with van der Waals surface area (Å²) >= 11 is 0. The van der Waals surface area contributed by atoms with Crippen LogP contribution in [0.2, 0.25) is 0 Å². The number of hydrogen-bond donors (Lipinski definition) is 3. The van der Waals surface area contributed by atoms with Gasteiger partial charge in [0.05, 0.1) is 5.60 Å². The van der Waals surface area contributed by atoms with Crippen LogP contribution >= 0.6 is 0 Å². The number of nitrogens with one attached hydrogen (secondary N) is 2. The molecule has 3 N–H and O–H groups in total. The first-order valence-electron chi connectivity index (χ1n) is 10.3. The fourth-order valence-corrected chi connectivity index (χ4v) is 6.33. The van der Waals surface area contributed by atoms with E-state index in [9.17, 15) is 14.7 Å². The van der Waals surface area contributed by atoms with E-state index >= 15 is 0 Å². The number of hydrazine groups is 1. The maximum absolute atomic E-state index is 12.5. The monoisotopic (exact) mass is 386 g/mol. The van der Waals surface area contributed by atoms with Gasteiger partial charge in [-0.25, -0.2) is 0 Å². The van der Waals surface area contributed by atoms with Gasteiger partial charge in [0.1, 0.15) is 5.75 Å². The Hall–Kier alpha value is -2.08. The van der Waals surface area contributed by atoms with Crippen molar-refractivity contribution in [1.29, 1.82) is 0 Å². The van der Waals surface area contributed by atoms with Crippen LogP contribution in [0.25, 0.3) is 0 Å². The van der Waals surface area contributed by atoms with Gasteiger partial charge >= 0.3 is 0 Å². The molecular weight excluding hydrogens is 356 g/mol. The van der Waals surface area contributed by atoms with E-state index in [4.69, 9.17) is 4.74 Å². The van der Waals surface area contributed by atoms with Gasteiger partial charge < -0.3 is 9.84 Å². The van der Waals surface area contributed by atoms with Gasteiger partial charge in [-0.1, -0.05) is 18.2 Å². The maximum atomic E-state index is 12.5. The topological polar surface area (TPSA) is 87.7 Å². The Morgan fingerprint density at radius 3 is 2.29 bits per heavy atom. The van der Waals surface area contributed by atoms with Crippen LogP contribution in [0, 0.1) is 31.1 Å². The minimum absolute atomic E-state index is 0.109. The molecule has 6 nitrogen and oxygen atoms in total. The lowest BCUT2D eigenvalue weighted by Crippen LogP contribution is -2.57. The van der Waals surface area contributed by atoms with Crippen LogP contribution in [0.5, 0.6) is 5.75 Å². The highest BCUT2D eigenvalue weighted by Crippen LogP contribution is 2.62. The normalized spacial score (nSPS) is 32.8. The summed E-state index contributed by atoms with van der Waals surface area (Å²) in [7, 11) is 0. The molecule has 0 saturated heterocycles. The Morgan fingerprint density at radius 2 is 1.68 bits per heavy atom. The predicted octanol–water partition coefficient (Wildman–Crippen LogP) is 2.55. The molecule has 4 saturated carbocycles. The molecule has 2 unspecified atom stereocenters. The number of aliphatic hydroxyl groups is 1. The highest BCUT2D eigenvalue weighted by atomic mass is 16.5. The van der Waals surface area contributed by atoms with Crippen molar-refractivity contribution in [2.45, 2.75) is 64.4 Å². The van der Waals surface area contributed by atoms with Gasteiger partial charge in [-0.3, -0.25) is 20.4 Å². The molecule has 1 aromatic carbocycles. The minimum Gasteiger partial charge on any atom is -0.483 e.